The zero-order valence-corrected chi connectivity index (χ0v) is 15.7. The Balaban J connectivity index is 1.65. The number of hydrogen-bond donors (Lipinski definition) is 0. The number of benzene rings is 1. The van der Waals surface area contributed by atoms with Crippen LogP contribution in [0.5, 0.6) is 0 Å². The fourth-order valence-corrected chi connectivity index (χ4v) is 4.23. The predicted molar refractivity (Wildman–Crippen MR) is 108 cm³/mol. The molecule has 3 aromatic heterocycles. The number of hydrogen-bond acceptors (Lipinski definition) is 5. The SMILES string of the molecule is N#C/C(=C\c1ccc(-c2ccccc2Cl)o1)c1nc(-c2cccs2)cs1. The van der Waals surface area contributed by atoms with E-state index < -0.39 is 0 Å². The molecule has 3 nitrogen and oxygen atoms in total. The van der Waals surface area contributed by atoms with Crippen LogP contribution in [0.4, 0.5) is 0 Å². The molecule has 0 amide bonds. The normalized spacial score (nSPS) is 11.5. The molecule has 4 aromatic rings. The first-order valence-corrected chi connectivity index (χ1v) is 9.84. The molecule has 0 saturated heterocycles. The zero-order valence-electron chi connectivity index (χ0n) is 13.3. The number of aromatic nitrogens is 1. The number of allylic oxidation sites excluding steroid dienone is 1. The van der Waals surface area contributed by atoms with E-state index in [0.29, 0.717) is 27.1 Å². The maximum atomic E-state index is 9.54. The van der Waals surface area contributed by atoms with Crippen LogP contribution in [0.1, 0.15) is 10.8 Å². The molecule has 0 fully saturated rings. The van der Waals surface area contributed by atoms with Crippen LogP contribution < -0.4 is 0 Å². The highest BCUT2D eigenvalue weighted by Gasteiger charge is 2.12. The molecule has 0 radical (unpaired) electrons. The summed E-state index contributed by atoms with van der Waals surface area (Å²) in [6.45, 7) is 0. The Morgan fingerprint density at radius 1 is 1.12 bits per heavy atom. The van der Waals surface area contributed by atoms with Crippen LogP contribution >= 0.6 is 34.3 Å². The van der Waals surface area contributed by atoms with Gasteiger partial charge in [0.05, 0.1) is 21.2 Å². The number of rotatable bonds is 4. The Morgan fingerprint density at radius 2 is 2.00 bits per heavy atom. The smallest absolute Gasteiger partial charge is 0.136 e. The van der Waals surface area contributed by atoms with Gasteiger partial charge in [0.25, 0.3) is 0 Å². The fourth-order valence-electron chi connectivity index (χ4n) is 2.46. The molecule has 0 aliphatic rings. The summed E-state index contributed by atoms with van der Waals surface area (Å²) in [4.78, 5) is 5.66. The predicted octanol–water partition coefficient (Wildman–Crippen LogP) is 6.85. The molecular weight excluding hydrogens is 384 g/mol. The van der Waals surface area contributed by atoms with E-state index in [-0.39, 0.29) is 0 Å². The van der Waals surface area contributed by atoms with Gasteiger partial charge in [-0.15, -0.1) is 22.7 Å². The van der Waals surface area contributed by atoms with Crippen molar-refractivity contribution in [3.8, 4) is 28.0 Å². The van der Waals surface area contributed by atoms with E-state index in [2.05, 4.69) is 11.1 Å². The quantitative estimate of drug-likeness (QED) is 0.355. The van der Waals surface area contributed by atoms with E-state index in [1.54, 1.807) is 17.4 Å². The van der Waals surface area contributed by atoms with Crippen LogP contribution in [-0.4, -0.2) is 4.98 Å². The lowest BCUT2D eigenvalue weighted by Gasteiger charge is -1.99. The lowest BCUT2D eigenvalue weighted by molar-refractivity contribution is 0.572. The van der Waals surface area contributed by atoms with Crippen LogP contribution in [0.25, 0.3) is 33.5 Å². The van der Waals surface area contributed by atoms with Gasteiger partial charge in [0, 0.05) is 17.0 Å². The standard InChI is InChI=1S/C20H11ClN2OS2/c21-16-5-2-1-4-15(16)18-8-7-14(24-18)10-13(11-22)20-23-17(12-26-20)19-6-3-9-25-19/h1-10,12H/b13-10+. The van der Waals surface area contributed by atoms with E-state index in [0.717, 1.165) is 16.1 Å². The van der Waals surface area contributed by atoms with Crippen LogP contribution in [0, 0.1) is 11.3 Å². The minimum absolute atomic E-state index is 0.470. The first-order chi connectivity index (χ1) is 12.7. The molecule has 26 heavy (non-hydrogen) atoms. The van der Waals surface area contributed by atoms with Crippen molar-refractivity contribution in [3.63, 3.8) is 0 Å². The van der Waals surface area contributed by atoms with Crippen molar-refractivity contribution in [1.82, 2.24) is 4.98 Å². The summed E-state index contributed by atoms with van der Waals surface area (Å²) in [6.07, 6.45) is 1.71. The number of halogens is 1. The topological polar surface area (TPSA) is 49.8 Å². The van der Waals surface area contributed by atoms with Gasteiger partial charge in [-0.3, -0.25) is 0 Å². The maximum absolute atomic E-state index is 9.54. The monoisotopic (exact) mass is 394 g/mol. The molecule has 0 aliphatic carbocycles. The van der Waals surface area contributed by atoms with Crippen molar-refractivity contribution < 1.29 is 4.42 Å². The summed E-state index contributed by atoms with van der Waals surface area (Å²) < 4.78 is 5.85. The third kappa shape index (κ3) is 3.35. The molecule has 126 valence electrons. The lowest BCUT2D eigenvalue weighted by Crippen LogP contribution is -1.80. The Hall–Kier alpha value is -2.65. The highest BCUT2D eigenvalue weighted by Crippen LogP contribution is 2.32. The molecule has 0 N–H and O–H groups in total. The minimum Gasteiger partial charge on any atom is -0.457 e. The molecule has 6 heteroatoms. The van der Waals surface area contributed by atoms with E-state index >= 15 is 0 Å². The third-order valence-electron chi connectivity index (χ3n) is 3.68. The second kappa shape index (κ2) is 7.30. The second-order valence-corrected chi connectivity index (χ2v) is 7.58. The molecule has 1 aromatic carbocycles. The Bertz CT molecular complexity index is 1120. The van der Waals surface area contributed by atoms with Gasteiger partial charge in [-0.25, -0.2) is 4.98 Å². The van der Waals surface area contributed by atoms with Gasteiger partial charge >= 0.3 is 0 Å². The highest BCUT2D eigenvalue weighted by atomic mass is 35.5. The number of nitrogens with zero attached hydrogens (tertiary/aromatic N) is 2. The summed E-state index contributed by atoms with van der Waals surface area (Å²) in [5, 5.41) is 14.8. The van der Waals surface area contributed by atoms with Gasteiger partial charge in [-0.05, 0) is 35.7 Å². The van der Waals surface area contributed by atoms with Gasteiger partial charge in [-0.1, -0.05) is 29.8 Å². The minimum atomic E-state index is 0.470. The summed E-state index contributed by atoms with van der Waals surface area (Å²) in [7, 11) is 0. The Morgan fingerprint density at radius 3 is 2.77 bits per heavy atom. The first-order valence-electron chi connectivity index (χ1n) is 7.71. The van der Waals surface area contributed by atoms with Crippen molar-refractivity contribution in [3.05, 3.63) is 75.1 Å². The summed E-state index contributed by atoms with van der Waals surface area (Å²) in [5.74, 6) is 1.25. The average molecular weight is 395 g/mol. The Labute approximate surface area is 163 Å². The van der Waals surface area contributed by atoms with E-state index in [1.165, 1.54) is 11.3 Å². The van der Waals surface area contributed by atoms with Crippen LogP contribution in [-0.2, 0) is 0 Å². The van der Waals surface area contributed by atoms with Gasteiger partial charge in [0.2, 0.25) is 0 Å². The van der Waals surface area contributed by atoms with Gasteiger partial charge in [0.1, 0.15) is 22.6 Å². The van der Waals surface area contributed by atoms with E-state index in [1.807, 2.05) is 59.3 Å². The molecule has 0 saturated carbocycles. The first kappa shape index (κ1) is 16.8. The molecular formula is C20H11ClN2OS2. The highest BCUT2D eigenvalue weighted by molar-refractivity contribution is 7.14. The van der Waals surface area contributed by atoms with Crippen molar-refractivity contribution in [2.75, 3.05) is 0 Å². The van der Waals surface area contributed by atoms with Crippen molar-refractivity contribution in [1.29, 1.82) is 5.26 Å². The molecule has 0 spiro atoms. The summed E-state index contributed by atoms with van der Waals surface area (Å²) in [5.41, 5.74) is 2.18. The van der Waals surface area contributed by atoms with Crippen molar-refractivity contribution >= 4 is 45.9 Å². The fraction of sp³-hybridized carbons (Fsp3) is 0. The van der Waals surface area contributed by atoms with E-state index in [9.17, 15) is 5.26 Å². The van der Waals surface area contributed by atoms with E-state index in [4.69, 9.17) is 16.0 Å². The molecule has 0 aliphatic heterocycles. The molecule has 0 unspecified atom stereocenters. The van der Waals surface area contributed by atoms with Crippen LogP contribution in [0.15, 0.2) is 63.7 Å². The zero-order chi connectivity index (χ0) is 17.9. The number of nitriles is 1. The maximum Gasteiger partial charge on any atom is 0.136 e. The molecule has 0 bridgehead atoms. The summed E-state index contributed by atoms with van der Waals surface area (Å²) in [6, 6.07) is 17.4. The molecule has 4 rings (SSSR count). The average Bonchev–Trinajstić information content (AvgIpc) is 3.40. The molecule has 0 atom stereocenters. The second-order valence-electron chi connectivity index (χ2n) is 5.37. The van der Waals surface area contributed by atoms with Gasteiger partial charge in [0.15, 0.2) is 0 Å². The van der Waals surface area contributed by atoms with Crippen molar-refractivity contribution in [2.45, 2.75) is 0 Å². The number of thiazole rings is 1. The number of thiophene rings is 1. The van der Waals surface area contributed by atoms with Crippen LogP contribution in [0.3, 0.4) is 0 Å². The number of furan rings is 1. The molecule has 3 heterocycles. The Kier molecular flexibility index (Phi) is 4.72. The largest absolute Gasteiger partial charge is 0.457 e. The summed E-state index contributed by atoms with van der Waals surface area (Å²) >= 11 is 9.29. The van der Waals surface area contributed by atoms with Crippen LogP contribution in [0.2, 0.25) is 5.02 Å². The van der Waals surface area contributed by atoms with Crippen molar-refractivity contribution in [2.24, 2.45) is 0 Å². The third-order valence-corrected chi connectivity index (χ3v) is 5.78. The van der Waals surface area contributed by atoms with Gasteiger partial charge in [-0.2, -0.15) is 5.26 Å². The lowest BCUT2D eigenvalue weighted by atomic mass is 10.2. The van der Waals surface area contributed by atoms with Gasteiger partial charge < -0.3 is 4.42 Å².